The molecular formula is C15H20ClNO. The van der Waals surface area contributed by atoms with Gasteiger partial charge in [0, 0.05) is 23.7 Å². The molecule has 1 aliphatic heterocycles. The predicted octanol–water partition coefficient (Wildman–Crippen LogP) is 3.35. The topological polar surface area (TPSA) is 21.3 Å². The maximum Gasteiger partial charge on any atom is 0.0700 e. The molecule has 1 N–H and O–H groups in total. The Bertz CT molecular complexity index is 417. The van der Waals surface area contributed by atoms with Gasteiger partial charge in [0.1, 0.15) is 0 Å². The summed E-state index contributed by atoms with van der Waals surface area (Å²) in [5.41, 5.74) is 1.39. The predicted molar refractivity (Wildman–Crippen MR) is 74.2 cm³/mol. The van der Waals surface area contributed by atoms with Gasteiger partial charge in [-0.3, -0.25) is 0 Å². The van der Waals surface area contributed by atoms with Crippen LogP contribution in [0.3, 0.4) is 0 Å². The largest absolute Gasteiger partial charge is 0.377 e. The molecule has 1 aliphatic carbocycles. The normalized spacial score (nSPS) is 35.4. The molecular weight excluding hydrogens is 246 g/mol. The maximum absolute atomic E-state index is 6.03. The minimum Gasteiger partial charge on any atom is -0.377 e. The average molecular weight is 266 g/mol. The van der Waals surface area contributed by atoms with E-state index in [2.05, 4.69) is 24.4 Å². The molecule has 2 atom stereocenters. The van der Waals surface area contributed by atoms with Gasteiger partial charge in [-0.25, -0.2) is 0 Å². The van der Waals surface area contributed by atoms with Crippen LogP contribution in [-0.2, 0) is 4.74 Å². The molecule has 2 fully saturated rings. The van der Waals surface area contributed by atoms with Crippen molar-refractivity contribution in [2.75, 3.05) is 6.61 Å². The molecule has 1 aromatic rings. The highest BCUT2D eigenvalue weighted by Crippen LogP contribution is 2.38. The van der Waals surface area contributed by atoms with Crippen LogP contribution in [0.5, 0.6) is 0 Å². The SMILES string of the molecule is CC1OCCC1NC1CC(c2cccc(Cl)c2)C1. The molecule has 2 unspecified atom stereocenters. The van der Waals surface area contributed by atoms with Gasteiger partial charge in [-0.2, -0.15) is 0 Å². The summed E-state index contributed by atoms with van der Waals surface area (Å²) >= 11 is 6.03. The first kappa shape index (κ1) is 12.5. The van der Waals surface area contributed by atoms with Crippen molar-refractivity contribution < 1.29 is 4.74 Å². The van der Waals surface area contributed by atoms with Gasteiger partial charge in [0.2, 0.25) is 0 Å². The van der Waals surface area contributed by atoms with Gasteiger partial charge in [-0.05, 0) is 49.8 Å². The van der Waals surface area contributed by atoms with Gasteiger partial charge in [0.15, 0.2) is 0 Å². The Balaban J connectivity index is 1.51. The van der Waals surface area contributed by atoms with Crippen LogP contribution in [0.4, 0.5) is 0 Å². The highest BCUT2D eigenvalue weighted by atomic mass is 35.5. The maximum atomic E-state index is 6.03. The van der Waals surface area contributed by atoms with Gasteiger partial charge in [-0.1, -0.05) is 23.7 Å². The zero-order chi connectivity index (χ0) is 12.5. The molecule has 18 heavy (non-hydrogen) atoms. The van der Waals surface area contributed by atoms with Crippen molar-refractivity contribution >= 4 is 11.6 Å². The van der Waals surface area contributed by atoms with Gasteiger partial charge < -0.3 is 10.1 Å². The molecule has 1 heterocycles. The highest BCUT2D eigenvalue weighted by molar-refractivity contribution is 6.30. The summed E-state index contributed by atoms with van der Waals surface area (Å²) in [7, 11) is 0. The standard InChI is InChI=1S/C15H20ClNO/c1-10-15(5-6-18-10)17-14-8-12(9-14)11-3-2-4-13(16)7-11/h2-4,7,10,12,14-15,17H,5-6,8-9H2,1H3. The summed E-state index contributed by atoms with van der Waals surface area (Å²) in [5, 5.41) is 4.57. The van der Waals surface area contributed by atoms with Crippen molar-refractivity contribution in [2.45, 2.75) is 50.3 Å². The van der Waals surface area contributed by atoms with Crippen LogP contribution in [0.25, 0.3) is 0 Å². The van der Waals surface area contributed by atoms with Gasteiger partial charge >= 0.3 is 0 Å². The summed E-state index contributed by atoms with van der Waals surface area (Å²) < 4.78 is 5.58. The van der Waals surface area contributed by atoms with Crippen molar-refractivity contribution in [3.8, 4) is 0 Å². The first-order chi connectivity index (χ1) is 8.72. The van der Waals surface area contributed by atoms with Crippen molar-refractivity contribution in [3.63, 3.8) is 0 Å². The second-order valence-corrected chi connectivity index (χ2v) is 5.99. The fourth-order valence-corrected chi connectivity index (χ4v) is 3.24. The molecule has 3 rings (SSSR count). The van der Waals surface area contributed by atoms with E-state index in [1.54, 1.807) is 0 Å². The molecule has 1 saturated heterocycles. The number of ether oxygens (including phenoxy) is 1. The third-order valence-corrected chi connectivity index (χ3v) is 4.52. The monoisotopic (exact) mass is 265 g/mol. The summed E-state index contributed by atoms with van der Waals surface area (Å²) in [4.78, 5) is 0. The quantitative estimate of drug-likeness (QED) is 0.905. The third-order valence-electron chi connectivity index (χ3n) is 4.28. The third kappa shape index (κ3) is 2.56. The van der Waals surface area contributed by atoms with Crippen LogP contribution in [0, 0.1) is 0 Å². The number of hydrogen-bond donors (Lipinski definition) is 1. The lowest BCUT2D eigenvalue weighted by Crippen LogP contribution is -2.47. The van der Waals surface area contributed by atoms with Crippen molar-refractivity contribution in [1.82, 2.24) is 5.32 Å². The Kier molecular flexibility index (Phi) is 3.60. The Morgan fingerprint density at radius 1 is 1.33 bits per heavy atom. The molecule has 0 spiro atoms. The smallest absolute Gasteiger partial charge is 0.0700 e. The van der Waals surface area contributed by atoms with E-state index >= 15 is 0 Å². The van der Waals surface area contributed by atoms with Gasteiger partial charge in [0.05, 0.1) is 6.10 Å². The van der Waals surface area contributed by atoms with E-state index in [-0.39, 0.29) is 0 Å². The molecule has 0 radical (unpaired) electrons. The van der Waals surface area contributed by atoms with Crippen LogP contribution < -0.4 is 5.32 Å². The number of nitrogens with one attached hydrogen (secondary N) is 1. The number of benzene rings is 1. The summed E-state index contributed by atoms with van der Waals surface area (Å²) in [5.74, 6) is 0.679. The first-order valence-corrected chi connectivity index (χ1v) is 7.23. The van der Waals surface area contributed by atoms with Crippen LogP contribution in [0.15, 0.2) is 24.3 Å². The molecule has 2 nitrogen and oxygen atoms in total. The van der Waals surface area contributed by atoms with Crippen LogP contribution in [0.2, 0.25) is 5.02 Å². The minimum atomic E-state index is 0.371. The van der Waals surface area contributed by atoms with Crippen molar-refractivity contribution in [3.05, 3.63) is 34.9 Å². The Morgan fingerprint density at radius 2 is 2.17 bits per heavy atom. The van der Waals surface area contributed by atoms with E-state index in [0.29, 0.717) is 24.1 Å². The molecule has 98 valence electrons. The second kappa shape index (κ2) is 5.20. The molecule has 3 heteroatoms. The minimum absolute atomic E-state index is 0.371. The molecule has 0 aromatic heterocycles. The number of hydrogen-bond acceptors (Lipinski definition) is 2. The molecule has 1 saturated carbocycles. The number of rotatable bonds is 3. The van der Waals surface area contributed by atoms with E-state index in [1.807, 2.05) is 12.1 Å². The average Bonchev–Trinajstić information content (AvgIpc) is 2.69. The zero-order valence-corrected chi connectivity index (χ0v) is 11.5. The summed E-state index contributed by atoms with van der Waals surface area (Å²) in [6.07, 6.45) is 3.97. The lowest BCUT2D eigenvalue weighted by atomic mass is 9.75. The van der Waals surface area contributed by atoms with Crippen LogP contribution >= 0.6 is 11.6 Å². The lowest BCUT2D eigenvalue weighted by Gasteiger charge is -2.38. The Hall–Kier alpha value is -0.570. The van der Waals surface area contributed by atoms with E-state index in [4.69, 9.17) is 16.3 Å². The Labute approximate surface area is 114 Å². The fraction of sp³-hybridized carbons (Fsp3) is 0.600. The van der Waals surface area contributed by atoms with Crippen LogP contribution in [-0.4, -0.2) is 24.8 Å². The van der Waals surface area contributed by atoms with E-state index in [0.717, 1.165) is 18.1 Å². The van der Waals surface area contributed by atoms with Gasteiger partial charge in [-0.15, -0.1) is 0 Å². The Morgan fingerprint density at radius 3 is 2.83 bits per heavy atom. The number of halogens is 1. The van der Waals surface area contributed by atoms with E-state index < -0.39 is 0 Å². The van der Waals surface area contributed by atoms with E-state index in [1.165, 1.54) is 18.4 Å². The highest BCUT2D eigenvalue weighted by Gasteiger charge is 2.34. The van der Waals surface area contributed by atoms with Crippen molar-refractivity contribution in [1.29, 1.82) is 0 Å². The van der Waals surface area contributed by atoms with Crippen LogP contribution in [0.1, 0.15) is 37.7 Å². The van der Waals surface area contributed by atoms with E-state index in [9.17, 15) is 0 Å². The van der Waals surface area contributed by atoms with Gasteiger partial charge in [0.25, 0.3) is 0 Å². The summed E-state index contributed by atoms with van der Waals surface area (Å²) in [6, 6.07) is 9.48. The second-order valence-electron chi connectivity index (χ2n) is 5.56. The lowest BCUT2D eigenvalue weighted by molar-refractivity contribution is 0.106. The molecule has 0 bridgehead atoms. The zero-order valence-electron chi connectivity index (χ0n) is 10.7. The molecule has 2 aliphatic rings. The molecule has 1 aromatic carbocycles. The van der Waals surface area contributed by atoms with Crippen molar-refractivity contribution in [2.24, 2.45) is 0 Å². The fourth-order valence-electron chi connectivity index (χ4n) is 3.04. The summed E-state index contributed by atoms with van der Waals surface area (Å²) in [6.45, 7) is 3.07. The first-order valence-electron chi connectivity index (χ1n) is 6.85. The molecule has 0 amide bonds.